The number of fused-ring (bicyclic) bond motifs is 1. The number of hydrogen-bond acceptors (Lipinski definition) is 6. The van der Waals surface area contributed by atoms with Crippen LogP contribution in [0.4, 0.5) is 5.69 Å². The van der Waals surface area contributed by atoms with Crippen molar-refractivity contribution < 1.29 is 33.7 Å². The van der Waals surface area contributed by atoms with E-state index in [4.69, 9.17) is 13.9 Å². The zero-order valence-corrected chi connectivity index (χ0v) is 17.0. The molecule has 0 atom stereocenters. The number of rotatable bonds is 7. The molecule has 1 heterocycles. The summed E-state index contributed by atoms with van der Waals surface area (Å²) in [7, 11) is 1.54. The SMILES string of the molecule is COc1ccccc1OCc1c(C(=O)Nc2ccc(O)c(C(=O)O)c2)oc2ccccc12. The van der Waals surface area contributed by atoms with Crippen LogP contribution in [0.1, 0.15) is 26.5 Å². The van der Waals surface area contributed by atoms with Crippen molar-refractivity contribution in [1.82, 2.24) is 0 Å². The van der Waals surface area contributed by atoms with Gasteiger partial charge in [0.15, 0.2) is 17.3 Å². The summed E-state index contributed by atoms with van der Waals surface area (Å²) in [5.74, 6) is -1.20. The number of nitrogens with one attached hydrogen (secondary N) is 1. The number of benzene rings is 3. The van der Waals surface area contributed by atoms with Crippen LogP contribution >= 0.6 is 0 Å². The Morgan fingerprint density at radius 3 is 2.47 bits per heavy atom. The number of amides is 1. The zero-order valence-electron chi connectivity index (χ0n) is 17.0. The van der Waals surface area contributed by atoms with Crippen LogP contribution in [0.5, 0.6) is 17.2 Å². The second-order valence-corrected chi connectivity index (χ2v) is 6.84. The maximum Gasteiger partial charge on any atom is 0.339 e. The maximum atomic E-state index is 13.0. The second-order valence-electron chi connectivity index (χ2n) is 6.84. The fourth-order valence-electron chi connectivity index (χ4n) is 3.29. The molecule has 4 rings (SSSR count). The number of hydrogen-bond donors (Lipinski definition) is 3. The number of furan rings is 1. The standard InChI is InChI=1S/C24H19NO7/c1-30-20-8-4-5-9-21(20)31-13-17-15-6-2-3-7-19(15)32-22(17)23(27)25-14-10-11-18(26)16(12-14)24(28)29/h2-12,26H,13H2,1H3,(H,25,27)(H,28,29). The molecular weight excluding hydrogens is 414 g/mol. The lowest BCUT2D eigenvalue weighted by molar-refractivity contribution is 0.0693. The second kappa shape index (κ2) is 8.73. The lowest BCUT2D eigenvalue weighted by Crippen LogP contribution is -2.14. The number of aromatic carboxylic acids is 1. The normalized spacial score (nSPS) is 10.7. The van der Waals surface area contributed by atoms with E-state index < -0.39 is 17.6 Å². The maximum absolute atomic E-state index is 13.0. The first-order chi connectivity index (χ1) is 15.5. The molecule has 3 aromatic carbocycles. The molecule has 0 saturated heterocycles. The quantitative estimate of drug-likeness (QED) is 0.362. The van der Waals surface area contributed by atoms with Gasteiger partial charge in [-0.15, -0.1) is 0 Å². The number of phenols is 1. The molecule has 8 heteroatoms. The van der Waals surface area contributed by atoms with Crippen molar-refractivity contribution in [2.45, 2.75) is 6.61 Å². The van der Waals surface area contributed by atoms with Gasteiger partial charge < -0.3 is 29.4 Å². The third kappa shape index (κ3) is 4.06. The van der Waals surface area contributed by atoms with Gasteiger partial charge in [-0.05, 0) is 36.4 Å². The lowest BCUT2D eigenvalue weighted by Gasteiger charge is -2.11. The van der Waals surface area contributed by atoms with Gasteiger partial charge in [-0.3, -0.25) is 4.79 Å². The molecule has 0 aliphatic heterocycles. The molecule has 1 aromatic heterocycles. The van der Waals surface area contributed by atoms with Crippen LogP contribution in [0, 0.1) is 0 Å². The van der Waals surface area contributed by atoms with E-state index in [0.717, 1.165) is 0 Å². The number of anilines is 1. The molecule has 32 heavy (non-hydrogen) atoms. The van der Waals surface area contributed by atoms with Gasteiger partial charge in [0.2, 0.25) is 0 Å². The number of ether oxygens (including phenoxy) is 2. The minimum Gasteiger partial charge on any atom is -0.507 e. The Hall–Kier alpha value is -4.46. The Kier molecular flexibility index (Phi) is 5.67. The number of carboxylic acid groups (broad SMARTS) is 1. The smallest absolute Gasteiger partial charge is 0.339 e. The summed E-state index contributed by atoms with van der Waals surface area (Å²) in [5.41, 5.74) is 0.906. The number of carbonyl (C=O) groups excluding carboxylic acids is 1. The fourth-order valence-corrected chi connectivity index (χ4v) is 3.29. The van der Waals surface area contributed by atoms with Gasteiger partial charge in [-0.2, -0.15) is 0 Å². The minimum atomic E-state index is -1.31. The molecule has 0 radical (unpaired) electrons. The first-order valence-corrected chi connectivity index (χ1v) is 9.62. The molecule has 0 fully saturated rings. The highest BCUT2D eigenvalue weighted by Gasteiger charge is 2.22. The molecule has 1 amide bonds. The van der Waals surface area contributed by atoms with Crippen LogP contribution < -0.4 is 14.8 Å². The van der Waals surface area contributed by atoms with Crippen molar-refractivity contribution in [3.05, 3.63) is 83.6 Å². The lowest BCUT2D eigenvalue weighted by atomic mass is 10.1. The number of carboxylic acids is 1. The van der Waals surface area contributed by atoms with E-state index in [0.29, 0.717) is 28.0 Å². The Balaban J connectivity index is 1.66. The number of methoxy groups -OCH3 is 1. The van der Waals surface area contributed by atoms with Crippen LogP contribution in [-0.2, 0) is 6.61 Å². The predicted molar refractivity (Wildman–Crippen MR) is 117 cm³/mol. The summed E-state index contributed by atoms with van der Waals surface area (Å²) >= 11 is 0. The van der Waals surface area contributed by atoms with Crippen molar-refractivity contribution in [3.8, 4) is 17.2 Å². The number of para-hydroxylation sites is 3. The Labute approximate surface area is 182 Å². The molecule has 0 unspecified atom stereocenters. The summed E-state index contributed by atoms with van der Waals surface area (Å²) in [6.45, 7) is 0.0378. The summed E-state index contributed by atoms with van der Waals surface area (Å²) in [6.07, 6.45) is 0. The Morgan fingerprint density at radius 1 is 1.00 bits per heavy atom. The third-order valence-electron chi connectivity index (χ3n) is 4.83. The van der Waals surface area contributed by atoms with Crippen molar-refractivity contribution in [2.75, 3.05) is 12.4 Å². The van der Waals surface area contributed by atoms with Crippen molar-refractivity contribution in [3.63, 3.8) is 0 Å². The molecular formula is C24H19NO7. The molecule has 162 valence electrons. The molecule has 0 saturated carbocycles. The van der Waals surface area contributed by atoms with E-state index in [1.54, 1.807) is 24.3 Å². The van der Waals surface area contributed by atoms with Gasteiger partial charge in [-0.1, -0.05) is 30.3 Å². The molecule has 4 aromatic rings. The number of carbonyl (C=O) groups is 2. The number of aromatic hydroxyl groups is 1. The molecule has 0 aliphatic carbocycles. The van der Waals surface area contributed by atoms with Crippen molar-refractivity contribution in [2.24, 2.45) is 0 Å². The van der Waals surface area contributed by atoms with Crippen LogP contribution in [0.3, 0.4) is 0 Å². The summed E-state index contributed by atoms with van der Waals surface area (Å²) in [5, 5.41) is 22.2. The van der Waals surface area contributed by atoms with Gasteiger partial charge in [0.25, 0.3) is 5.91 Å². The van der Waals surface area contributed by atoms with Gasteiger partial charge in [-0.25, -0.2) is 4.79 Å². The van der Waals surface area contributed by atoms with E-state index in [-0.39, 0.29) is 23.6 Å². The molecule has 0 aliphatic rings. The van der Waals surface area contributed by atoms with Crippen molar-refractivity contribution in [1.29, 1.82) is 0 Å². The molecule has 3 N–H and O–H groups in total. The van der Waals surface area contributed by atoms with Crippen LogP contribution in [-0.4, -0.2) is 29.2 Å². The van der Waals surface area contributed by atoms with Crippen LogP contribution in [0.25, 0.3) is 11.0 Å². The fraction of sp³-hybridized carbons (Fsp3) is 0.0833. The first-order valence-electron chi connectivity index (χ1n) is 9.62. The highest BCUT2D eigenvalue weighted by Crippen LogP contribution is 2.31. The topological polar surface area (TPSA) is 118 Å². The first kappa shape index (κ1) is 20.8. The molecule has 8 nitrogen and oxygen atoms in total. The average Bonchev–Trinajstić information content (AvgIpc) is 3.17. The van der Waals surface area contributed by atoms with E-state index >= 15 is 0 Å². The zero-order chi connectivity index (χ0) is 22.7. The monoisotopic (exact) mass is 433 g/mol. The van der Waals surface area contributed by atoms with Gasteiger partial charge in [0.1, 0.15) is 23.5 Å². The minimum absolute atomic E-state index is 0.0334. The van der Waals surface area contributed by atoms with Gasteiger partial charge in [0, 0.05) is 16.6 Å². The summed E-state index contributed by atoms with van der Waals surface area (Å²) < 4.78 is 17.0. The van der Waals surface area contributed by atoms with Crippen LogP contribution in [0.2, 0.25) is 0 Å². The van der Waals surface area contributed by atoms with E-state index in [9.17, 15) is 19.8 Å². The third-order valence-corrected chi connectivity index (χ3v) is 4.83. The molecule has 0 spiro atoms. The summed E-state index contributed by atoms with van der Waals surface area (Å²) in [4.78, 5) is 24.3. The van der Waals surface area contributed by atoms with E-state index in [1.165, 1.54) is 25.3 Å². The van der Waals surface area contributed by atoms with Crippen LogP contribution in [0.15, 0.2) is 71.1 Å². The highest BCUT2D eigenvalue weighted by molar-refractivity contribution is 6.07. The summed E-state index contributed by atoms with van der Waals surface area (Å²) in [6, 6.07) is 18.1. The Bertz CT molecular complexity index is 1310. The largest absolute Gasteiger partial charge is 0.507 e. The Morgan fingerprint density at radius 2 is 1.72 bits per heavy atom. The molecule has 0 bridgehead atoms. The van der Waals surface area contributed by atoms with Gasteiger partial charge in [0.05, 0.1) is 7.11 Å². The van der Waals surface area contributed by atoms with Crippen molar-refractivity contribution >= 4 is 28.5 Å². The highest BCUT2D eigenvalue weighted by atomic mass is 16.5. The van der Waals surface area contributed by atoms with Gasteiger partial charge >= 0.3 is 5.97 Å². The van der Waals surface area contributed by atoms with E-state index in [1.807, 2.05) is 24.3 Å². The predicted octanol–water partition coefficient (Wildman–Crippen LogP) is 4.68. The van der Waals surface area contributed by atoms with E-state index in [2.05, 4.69) is 5.32 Å². The average molecular weight is 433 g/mol.